The van der Waals surface area contributed by atoms with Crippen molar-refractivity contribution in [3.05, 3.63) is 36.2 Å². The van der Waals surface area contributed by atoms with Gasteiger partial charge < -0.3 is 9.64 Å². The Morgan fingerprint density at radius 1 is 1.57 bits per heavy atom. The molecular weight excluding hydrogens is 292 g/mol. The van der Waals surface area contributed by atoms with Gasteiger partial charge in [0.05, 0.1) is 25.5 Å². The second-order valence-electron chi connectivity index (χ2n) is 6.31. The number of carbonyl (C=O) groups excluding carboxylic acids is 1. The van der Waals surface area contributed by atoms with Crippen LogP contribution in [0.2, 0.25) is 0 Å². The summed E-state index contributed by atoms with van der Waals surface area (Å²) >= 11 is 0. The molecule has 0 unspecified atom stereocenters. The van der Waals surface area contributed by atoms with Crippen LogP contribution in [-0.2, 0) is 23.1 Å². The molecule has 0 bridgehead atoms. The minimum absolute atomic E-state index is 0.113. The first-order valence-electron chi connectivity index (χ1n) is 8.20. The van der Waals surface area contributed by atoms with E-state index < -0.39 is 0 Å². The highest BCUT2D eigenvalue weighted by Crippen LogP contribution is 2.29. The Labute approximate surface area is 136 Å². The van der Waals surface area contributed by atoms with Gasteiger partial charge in [0.1, 0.15) is 5.69 Å². The summed E-state index contributed by atoms with van der Waals surface area (Å²) < 4.78 is 7.43. The maximum atomic E-state index is 12.6. The van der Waals surface area contributed by atoms with Crippen LogP contribution in [0.15, 0.2) is 24.8 Å². The Hall–Kier alpha value is -1.95. The SMILES string of the molecule is C=CCOC[C@@H]1CN(C(=O)C[C@@H]2C=CCC2)Cc2nnn(C)c21. The number of carbonyl (C=O) groups is 1. The van der Waals surface area contributed by atoms with Gasteiger partial charge in [-0.05, 0) is 18.8 Å². The van der Waals surface area contributed by atoms with E-state index in [-0.39, 0.29) is 11.8 Å². The van der Waals surface area contributed by atoms with Crippen molar-refractivity contribution in [2.45, 2.75) is 31.7 Å². The second-order valence-corrected chi connectivity index (χ2v) is 6.31. The monoisotopic (exact) mass is 316 g/mol. The number of ether oxygens (including phenoxy) is 1. The zero-order chi connectivity index (χ0) is 16.2. The molecule has 2 aliphatic rings. The zero-order valence-electron chi connectivity index (χ0n) is 13.6. The van der Waals surface area contributed by atoms with E-state index in [9.17, 15) is 4.79 Å². The summed E-state index contributed by atoms with van der Waals surface area (Å²) in [6, 6.07) is 0. The summed E-state index contributed by atoms with van der Waals surface area (Å²) in [6.07, 6.45) is 8.83. The van der Waals surface area contributed by atoms with Crippen LogP contribution in [0.3, 0.4) is 0 Å². The van der Waals surface area contributed by atoms with E-state index in [1.165, 1.54) is 0 Å². The lowest BCUT2D eigenvalue weighted by atomic mass is 9.97. The highest BCUT2D eigenvalue weighted by atomic mass is 16.5. The van der Waals surface area contributed by atoms with Gasteiger partial charge >= 0.3 is 0 Å². The Balaban J connectivity index is 1.70. The van der Waals surface area contributed by atoms with Crippen molar-refractivity contribution in [1.82, 2.24) is 19.9 Å². The molecule has 0 spiro atoms. The number of aromatic nitrogens is 3. The van der Waals surface area contributed by atoms with Gasteiger partial charge in [0.15, 0.2) is 0 Å². The molecule has 0 saturated heterocycles. The third-order valence-corrected chi connectivity index (χ3v) is 4.57. The van der Waals surface area contributed by atoms with Crippen LogP contribution >= 0.6 is 0 Å². The summed E-state index contributed by atoms with van der Waals surface area (Å²) in [4.78, 5) is 14.5. The largest absolute Gasteiger partial charge is 0.377 e. The molecule has 0 radical (unpaired) electrons. The van der Waals surface area contributed by atoms with E-state index >= 15 is 0 Å². The third kappa shape index (κ3) is 3.52. The van der Waals surface area contributed by atoms with Crippen molar-refractivity contribution in [2.75, 3.05) is 19.8 Å². The number of allylic oxidation sites excluding steroid dienone is 2. The lowest BCUT2D eigenvalue weighted by molar-refractivity contribution is -0.133. The molecule has 1 aromatic rings. The quantitative estimate of drug-likeness (QED) is 0.593. The van der Waals surface area contributed by atoms with Crippen LogP contribution in [0.5, 0.6) is 0 Å². The van der Waals surface area contributed by atoms with E-state index in [4.69, 9.17) is 4.74 Å². The lowest BCUT2D eigenvalue weighted by Crippen LogP contribution is -2.40. The highest BCUT2D eigenvalue weighted by Gasteiger charge is 2.33. The molecule has 6 nitrogen and oxygen atoms in total. The van der Waals surface area contributed by atoms with Crippen molar-refractivity contribution in [2.24, 2.45) is 13.0 Å². The Bertz CT molecular complexity index is 608. The summed E-state index contributed by atoms with van der Waals surface area (Å²) in [7, 11) is 1.90. The predicted molar refractivity (Wildman–Crippen MR) is 86.7 cm³/mol. The first-order chi connectivity index (χ1) is 11.2. The molecule has 0 saturated carbocycles. The number of amides is 1. The molecule has 0 aromatic carbocycles. The van der Waals surface area contributed by atoms with Crippen molar-refractivity contribution in [3.63, 3.8) is 0 Å². The molecule has 124 valence electrons. The second kappa shape index (κ2) is 7.08. The van der Waals surface area contributed by atoms with Crippen molar-refractivity contribution >= 4 is 5.91 Å². The normalized spacial score (nSPS) is 23.1. The molecule has 2 atom stereocenters. The summed E-state index contributed by atoms with van der Waals surface area (Å²) in [6.45, 7) is 5.95. The van der Waals surface area contributed by atoms with E-state index in [0.717, 1.165) is 24.2 Å². The first kappa shape index (κ1) is 15.9. The van der Waals surface area contributed by atoms with E-state index in [1.54, 1.807) is 10.8 Å². The lowest BCUT2D eigenvalue weighted by Gasteiger charge is -2.32. The highest BCUT2D eigenvalue weighted by molar-refractivity contribution is 5.77. The van der Waals surface area contributed by atoms with Gasteiger partial charge in [-0.1, -0.05) is 23.4 Å². The van der Waals surface area contributed by atoms with E-state index in [1.807, 2.05) is 11.9 Å². The predicted octanol–water partition coefficient (Wildman–Crippen LogP) is 1.80. The number of hydrogen-bond acceptors (Lipinski definition) is 4. The average molecular weight is 316 g/mol. The molecule has 1 aliphatic carbocycles. The standard InChI is InChI=1S/C17H24N4O2/c1-3-8-23-12-14-10-21(11-15-17(14)20(2)19-18-15)16(22)9-13-6-4-5-7-13/h3-4,6,13-14H,1,5,7-12H2,2H3/t13-,14+/m1/s1. The minimum atomic E-state index is 0.113. The molecular formula is C17H24N4O2. The number of rotatable bonds is 6. The van der Waals surface area contributed by atoms with E-state index in [2.05, 4.69) is 29.0 Å². The van der Waals surface area contributed by atoms with Gasteiger partial charge in [0.25, 0.3) is 0 Å². The topological polar surface area (TPSA) is 60.2 Å². The number of hydrogen-bond donors (Lipinski definition) is 0. The van der Waals surface area contributed by atoms with Gasteiger partial charge in [0, 0.05) is 25.9 Å². The Kier molecular flexibility index (Phi) is 4.91. The van der Waals surface area contributed by atoms with E-state index in [0.29, 0.717) is 38.6 Å². The average Bonchev–Trinajstić information content (AvgIpc) is 3.17. The molecule has 0 N–H and O–H groups in total. The Morgan fingerprint density at radius 2 is 2.43 bits per heavy atom. The fraction of sp³-hybridized carbons (Fsp3) is 0.588. The fourth-order valence-corrected chi connectivity index (χ4v) is 3.45. The molecule has 1 amide bonds. The summed E-state index contributed by atoms with van der Waals surface area (Å²) in [5.74, 6) is 0.703. The number of fused-ring (bicyclic) bond motifs is 1. The Morgan fingerprint density at radius 3 is 3.17 bits per heavy atom. The maximum Gasteiger partial charge on any atom is 0.223 e. The van der Waals surface area contributed by atoms with Gasteiger partial charge in [-0.2, -0.15) is 0 Å². The number of aryl methyl sites for hydroxylation is 1. The van der Waals surface area contributed by atoms with Gasteiger partial charge in [0.2, 0.25) is 5.91 Å². The van der Waals surface area contributed by atoms with Gasteiger partial charge in [-0.25, -0.2) is 0 Å². The van der Waals surface area contributed by atoms with Crippen LogP contribution < -0.4 is 0 Å². The van der Waals surface area contributed by atoms with Crippen LogP contribution in [-0.4, -0.2) is 45.6 Å². The molecule has 1 aliphatic heterocycles. The molecule has 3 rings (SSSR count). The maximum absolute atomic E-state index is 12.6. The smallest absolute Gasteiger partial charge is 0.223 e. The fourth-order valence-electron chi connectivity index (χ4n) is 3.45. The first-order valence-corrected chi connectivity index (χ1v) is 8.20. The van der Waals surface area contributed by atoms with Crippen LogP contribution in [0.25, 0.3) is 0 Å². The van der Waals surface area contributed by atoms with Crippen LogP contribution in [0.1, 0.15) is 36.6 Å². The summed E-state index contributed by atoms with van der Waals surface area (Å²) in [5, 5.41) is 8.34. The molecule has 1 aromatic heterocycles. The molecule has 23 heavy (non-hydrogen) atoms. The van der Waals surface area contributed by atoms with Crippen LogP contribution in [0.4, 0.5) is 0 Å². The number of nitrogens with zero attached hydrogens (tertiary/aromatic N) is 4. The molecule has 6 heteroatoms. The minimum Gasteiger partial charge on any atom is -0.377 e. The van der Waals surface area contributed by atoms with Gasteiger partial charge in [-0.3, -0.25) is 9.48 Å². The van der Waals surface area contributed by atoms with Crippen molar-refractivity contribution < 1.29 is 9.53 Å². The zero-order valence-corrected chi connectivity index (χ0v) is 13.6. The summed E-state index contributed by atoms with van der Waals surface area (Å²) in [5.41, 5.74) is 1.97. The van der Waals surface area contributed by atoms with Gasteiger partial charge in [-0.15, -0.1) is 11.7 Å². The molecule has 0 fully saturated rings. The third-order valence-electron chi connectivity index (χ3n) is 4.57. The van der Waals surface area contributed by atoms with Crippen molar-refractivity contribution in [3.8, 4) is 0 Å². The van der Waals surface area contributed by atoms with Crippen molar-refractivity contribution in [1.29, 1.82) is 0 Å². The van der Waals surface area contributed by atoms with Crippen LogP contribution in [0, 0.1) is 5.92 Å². The molecule has 2 heterocycles.